The smallest absolute Gasteiger partial charge is 0.321 e. The topological polar surface area (TPSA) is 125 Å². The van der Waals surface area contributed by atoms with Crippen LogP contribution < -0.4 is 10.0 Å². The molecule has 2 aromatic rings. The van der Waals surface area contributed by atoms with E-state index in [0.29, 0.717) is 5.69 Å². The fourth-order valence-electron chi connectivity index (χ4n) is 2.24. The van der Waals surface area contributed by atoms with Crippen molar-refractivity contribution in [3.8, 4) is 6.07 Å². The van der Waals surface area contributed by atoms with Gasteiger partial charge in [0.2, 0.25) is 10.0 Å². The van der Waals surface area contributed by atoms with Gasteiger partial charge in [-0.1, -0.05) is 31.2 Å². The molecule has 0 aliphatic rings. The molecule has 28 heavy (non-hydrogen) atoms. The average molecular weight is 401 g/mol. The van der Waals surface area contributed by atoms with E-state index >= 15 is 0 Å². The number of rotatable bonds is 8. The van der Waals surface area contributed by atoms with Crippen LogP contribution in [0.25, 0.3) is 0 Å². The van der Waals surface area contributed by atoms with Crippen LogP contribution in [0.2, 0.25) is 0 Å². The molecular formula is C19H19N3O5S. The van der Waals surface area contributed by atoms with Crippen LogP contribution in [0.5, 0.6) is 0 Å². The molecule has 0 unspecified atom stereocenters. The fraction of sp³-hybridized carbons (Fsp3) is 0.211. The SMILES string of the molecule is CCc1ccc(NC(=O)COC(=O)CNS(=O)(=O)c2ccccc2C#N)cc1. The summed E-state index contributed by atoms with van der Waals surface area (Å²) < 4.78 is 31.2. The molecule has 2 aromatic carbocycles. The van der Waals surface area contributed by atoms with Gasteiger partial charge in [-0.3, -0.25) is 9.59 Å². The molecular weight excluding hydrogens is 382 g/mol. The third-order valence-corrected chi connectivity index (χ3v) is 5.17. The third kappa shape index (κ3) is 5.90. The van der Waals surface area contributed by atoms with E-state index < -0.39 is 35.1 Å². The lowest BCUT2D eigenvalue weighted by Crippen LogP contribution is -2.32. The van der Waals surface area contributed by atoms with Gasteiger partial charge in [0.25, 0.3) is 5.91 Å². The number of nitriles is 1. The van der Waals surface area contributed by atoms with E-state index in [1.54, 1.807) is 18.2 Å². The number of carbonyl (C=O) groups is 2. The number of esters is 1. The van der Waals surface area contributed by atoms with Crippen LogP contribution in [0.4, 0.5) is 5.69 Å². The van der Waals surface area contributed by atoms with E-state index in [1.165, 1.54) is 24.3 Å². The van der Waals surface area contributed by atoms with Crippen molar-refractivity contribution < 1.29 is 22.7 Å². The molecule has 0 saturated carbocycles. The number of sulfonamides is 1. The monoisotopic (exact) mass is 401 g/mol. The van der Waals surface area contributed by atoms with Gasteiger partial charge in [-0.25, -0.2) is 8.42 Å². The molecule has 9 heteroatoms. The van der Waals surface area contributed by atoms with Gasteiger partial charge in [0.1, 0.15) is 12.6 Å². The minimum Gasteiger partial charge on any atom is -0.455 e. The van der Waals surface area contributed by atoms with E-state index in [-0.39, 0.29) is 10.5 Å². The van der Waals surface area contributed by atoms with Crippen molar-refractivity contribution in [1.29, 1.82) is 5.26 Å². The Labute approximate surface area is 163 Å². The predicted molar refractivity (Wildman–Crippen MR) is 102 cm³/mol. The quantitative estimate of drug-likeness (QED) is 0.647. The van der Waals surface area contributed by atoms with Gasteiger partial charge < -0.3 is 10.1 Å². The number of ether oxygens (including phenoxy) is 1. The fourth-order valence-corrected chi connectivity index (χ4v) is 3.37. The van der Waals surface area contributed by atoms with E-state index in [4.69, 9.17) is 10.00 Å². The lowest BCUT2D eigenvalue weighted by molar-refractivity contribution is -0.146. The molecule has 0 atom stereocenters. The van der Waals surface area contributed by atoms with Crippen LogP contribution in [0.3, 0.4) is 0 Å². The average Bonchev–Trinajstić information content (AvgIpc) is 2.71. The molecule has 0 heterocycles. The van der Waals surface area contributed by atoms with Crippen molar-refractivity contribution in [1.82, 2.24) is 4.72 Å². The predicted octanol–water partition coefficient (Wildman–Crippen LogP) is 1.58. The number of nitrogens with zero attached hydrogens (tertiary/aromatic N) is 1. The van der Waals surface area contributed by atoms with Crippen LogP contribution in [-0.2, 0) is 30.8 Å². The van der Waals surface area contributed by atoms with Crippen LogP contribution in [0.1, 0.15) is 18.1 Å². The van der Waals surface area contributed by atoms with Crippen molar-refractivity contribution in [2.75, 3.05) is 18.5 Å². The van der Waals surface area contributed by atoms with Crippen LogP contribution in [-0.4, -0.2) is 33.4 Å². The summed E-state index contributed by atoms with van der Waals surface area (Å²) in [6, 6.07) is 14.6. The molecule has 0 spiro atoms. The first kappa shape index (κ1) is 21.1. The number of aryl methyl sites for hydroxylation is 1. The molecule has 0 aliphatic heterocycles. The number of hydrogen-bond acceptors (Lipinski definition) is 6. The molecule has 2 N–H and O–H groups in total. The maximum Gasteiger partial charge on any atom is 0.321 e. The molecule has 0 saturated heterocycles. The van der Waals surface area contributed by atoms with Crippen LogP contribution in [0.15, 0.2) is 53.4 Å². The Kier molecular flexibility index (Phi) is 7.26. The summed E-state index contributed by atoms with van der Waals surface area (Å²) in [5, 5.41) is 11.5. The molecule has 0 fully saturated rings. The van der Waals surface area contributed by atoms with Crippen molar-refractivity contribution in [2.24, 2.45) is 0 Å². The molecule has 0 aliphatic carbocycles. The van der Waals surface area contributed by atoms with Gasteiger partial charge in [-0.15, -0.1) is 0 Å². The van der Waals surface area contributed by atoms with E-state index in [1.807, 2.05) is 19.1 Å². The normalized spacial score (nSPS) is 10.7. The first-order valence-electron chi connectivity index (χ1n) is 8.39. The zero-order valence-corrected chi connectivity index (χ0v) is 16.0. The van der Waals surface area contributed by atoms with Gasteiger partial charge in [0.05, 0.1) is 10.5 Å². The summed E-state index contributed by atoms with van der Waals surface area (Å²) in [6.45, 7) is 0.797. The standard InChI is InChI=1S/C19H19N3O5S/c1-2-14-7-9-16(10-8-14)22-18(23)13-27-19(24)12-21-28(25,26)17-6-4-3-5-15(17)11-20/h3-10,21H,2,12-13H2,1H3,(H,22,23). The number of nitrogens with one attached hydrogen (secondary N) is 2. The molecule has 8 nitrogen and oxygen atoms in total. The second-order valence-corrected chi connectivity index (χ2v) is 7.43. The third-order valence-electron chi connectivity index (χ3n) is 3.71. The summed E-state index contributed by atoms with van der Waals surface area (Å²) in [6.07, 6.45) is 0.876. The highest BCUT2D eigenvalue weighted by atomic mass is 32.2. The highest BCUT2D eigenvalue weighted by Gasteiger charge is 2.19. The Hall–Kier alpha value is -3.22. The first-order valence-corrected chi connectivity index (χ1v) is 9.87. The van der Waals surface area contributed by atoms with Crippen molar-refractivity contribution in [3.63, 3.8) is 0 Å². The second-order valence-electron chi connectivity index (χ2n) is 5.69. The van der Waals surface area contributed by atoms with E-state index in [2.05, 4.69) is 10.0 Å². The van der Waals surface area contributed by atoms with Gasteiger partial charge in [-0.2, -0.15) is 9.98 Å². The zero-order chi connectivity index (χ0) is 20.6. The molecule has 0 bridgehead atoms. The summed E-state index contributed by atoms with van der Waals surface area (Å²) in [5.74, 6) is -1.47. The van der Waals surface area contributed by atoms with Crippen molar-refractivity contribution >= 4 is 27.6 Å². The van der Waals surface area contributed by atoms with Gasteiger partial charge in [0, 0.05) is 5.69 Å². The lowest BCUT2D eigenvalue weighted by Gasteiger charge is -2.09. The Morgan fingerprint density at radius 3 is 2.43 bits per heavy atom. The minimum absolute atomic E-state index is 0.0446. The molecule has 0 aromatic heterocycles. The number of benzene rings is 2. The Morgan fingerprint density at radius 2 is 1.79 bits per heavy atom. The van der Waals surface area contributed by atoms with E-state index in [9.17, 15) is 18.0 Å². The molecule has 1 amide bonds. The van der Waals surface area contributed by atoms with Gasteiger partial charge in [0.15, 0.2) is 6.61 Å². The Balaban J connectivity index is 1.83. The number of anilines is 1. The summed E-state index contributed by atoms with van der Waals surface area (Å²) >= 11 is 0. The number of carbonyl (C=O) groups excluding carboxylic acids is 2. The highest BCUT2D eigenvalue weighted by molar-refractivity contribution is 7.89. The Bertz CT molecular complexity index is 995. The van der Waals surface area contributed by atoms with Crippen molar-refractivity contribution in [2.45, 2.75) is 18.2 Å². The second kappa shape index (κ2) is 9.64. The summed E-state index contributed by atoms with van der Waals surface area (Å²) in [4.78, 5) is 23.3. The summed E-state index contributed by atoms with van der Waals surface area (Å²) in [7, 11) is -4.07. The molecule has 0 radical (unpaired) electrons. The number of hydrogen-bond donors (Lipinski definition) is 2. The molecule has 146 valence electrons. The van der Waals surface area contributed by atoms with Gasteiger partial charge in [-0.05, 0) is 36.2 Å². The maximum absolute atomic E-state index is 12.2. The van der Waals surface area contributed by atoms with Crippen LogP contribution >= 0.6 is 0 Å². The highest BCUT2D eigenvalue weighted by Crippen LogP contribution is 2.14. The molecule has 2 rings (SSSR count). The van der Waals surface area contributed by atoms with Gasteiger partial charge >= 0.3 is 5.97 Å². The lowest BCUT2D eigenvalue weighted by atomic mass is 10.1. The Morgan fingerprint density at radius 1 is 1.11 bits per heavy atom. The minimum atomic E-state index is -4.07. The van der Waals surface area contributed by atoms with Crippen LogP contribution in [0, 0.1) is 11.3 Å². The number of amides is 1. The van der Waals surface area contributed by atoms with E-state index in [0.717, 1.165) is 12.0 Å². The maximum atomic E-state index is 12.2. The largest absolute Gasteiger partial charge is 0.455 e. The zero-order valence-electron chi connectivity index (χ0n) is 15.1. The first-order chi connectivity index (χ1) is 13.4. The van der Waals surface area contributed by atoms with Crippen molar-refractivity contribution in [3.05, 3.63) is 59.7 Å². The summed E-state index contributed by atoms with van der Waals surface area (Å²) in [5.41, 5.74) is 1.64.